The van der Waals surface area contributed by atoms with Crippen molar-refractivity contribution in [3.05, 3.63) is 48.9 Å². The van der Waals surface area contributed by atoms with Gasteiger partial charge in [0.1, 0.15) is 0 Å². The van der Waals surface area contributed by atoms with Crippen molar-refractivity contribution >= 4 is 6.08 Å². The van der Waals surface area contributed by atoms with Gasteiger partial charge in [0.2, 0.25) is 0 Å². The smallest absolute Gasteiger partial charge is 0.00882 e. The van der Waals surface area contributed by atoms with Gasteiger partial charge in [0.05, 0.1) is 0 Å². The molecule has 0 nitrogen and oxygen atoms in total. The Balaban J connectivity index is 0.000000500. The van der Waals surface area contributed by atoms with Crippen LogP contribution in [0, 0.1) is 7.43 Å². The minimum atomic E-state index is 0. The average molecular weight is 129 g/mol. The van der Waals surface area contributed by atoms with Crippen LogP contribution < -0.4 is 0 Å². The van der Waals surface area contributed by atoms with Crippen molar-refractivity contribution in [2.24, 2.45) is 0 Å². The van der Waals surface area contributed by atoms with Crippen LogP contribution in [0.15, 0.2) is 30.3 Å². The molecule has 3 radical (unpaired) electrons. The van der Waals surface area contributed by atoms with Crippen LogP contribution >= 0.6 is 0 Å². The molecule has 0 spiro atoms. The van der Waals surface area contributed by atoms with Crippen LogP contribution in [0.5, 0.6) is 0 Å². The average Bonchev–Trinajstić information content (AvgIpc) is 2.33. The maximum Gasteiger partial charge on any atom is -0.00882 e. The number of rotatable bonds is 0. The number of benzene rings is 1. The van der Waals surface area contributed by atoms with E-state index in [0.717, 1.165) is 6.42 Å². The molecule has 0 unspecified atom stereocenters. The Morgan fingerprint density at radius 2 is 1.90 bits per heavy atom. The van der Waals surface area contributed by atoms with Gasteiger partial charge >= 0.3 is 0 Å². The highest BCUT2D eigenvalue weighted by Gasteiger charge is 2.00. The summed E-state index contributed by atoms with van der Waals surface area (Å²) in [6, 6.07) is 8.49. The van der Waals surface area contributed by atoms with Gasteiger partial charge in [-0.05, 0) is 25.0 Å². The molecule has 0 saturated heterocycles. The van der Waals surface area contributed by atoms with E-state index in [9.17, 15) is 0 Å². The van der Waals surface area contributed by atoms with Crippen molar-refractivity contribution in [2.75, 3.05) is 0 Å². The first-order valence-corrected chi connectivity index (χ1v) is 3.21. The third kappa shape index (κ3) is 0.971. The molecule has 0 N–H and O–H groups in total. The Morgan fingerprint density at radius 1 is 1.10 bits per heavy atom. The first-order valence-electron chi connectivity index (χ1n) is 3.21. The minimum absolute atomic E-state index is 0. The van der Waals surface area contributed by atoms with E-state index in [1.165, 1.54) is 11.1 Å². The molecule has 1 aliphatic rings. The topological polar surface area (TPSA) is 0 Å². The zero-order chi connectivity index (χ0) is 6.10. The highest BCUT2D eigenvalue weighted by Crippen LogP contribution is 2.17. The predicted octanol–water partition coefficient (Wildman–Crippen LogP) is 2.46. The van der Waals surface area contributed by atoms with Gasteiger partial charge in [-0.1, -0.05) is 36.4 Å². The Morgan fingerprint density at radius 3 is 2.70 bits per heavy atom. The number of hydrogen-bond donors (Lipinski definition) is 0. The number of fused-ring (bicyclic) bond motifs is 1. The van der Waals surface area contributed by atoms with E-state index in [4.69, 9.17) is 0 Å². The molecule has 0 saturated carbocycles. The molecule has 10 heavy (non-hydrogen) atoms. The van der Waals surface area contributed by atoms with Crippen molar-refractivity contribution in [1.29, 1.82) is 0 Å². The van der Waals surface area contributed by atoms with E-state index in [2.05, 4.69) is 36.4 Å². The summed E-state index contributed by atoms with van der Waals surface area (Å²) >= 11 is 0. The standard InChI is InChI=1S/C9H8.CH/c1-2-5-9-7-3-6-8(9)4-1;/h1-6H,7H2;1H. The molecule has 49 valence electrons. The van der Waals surface area contributed by atoms with E-state index in [0.29, 0.717) is 0 Å². The summed E-state index contributed by atoms with van der Waals surface area (Å²) in [4.78, 5) is 0. The monoisotopic (exact) mass is 129 g/mol. The van der Waals surface area contributed by atoms with Gasteiger partial charge in [0, 0.05) is 0 Å². The fourth-order valence-corrected chi connectivity index (χ4v) is 1.20. The van der Waals surface area contributed by atoms with Crippen molar-refractivity contribution in [2.45, 2.75) is 6.42 Å². The molecule has 0 atom stereocenters. The lowest BCUT2D eigenvalue weighted by molar-refractivity contribution is 1.31. The largest absolute Gasteiger partial charge is 0.0795 e. The highest BCUT2D eigenvalue weighted by molar-refractivity contribution is 5.59. The normalized spacial score (nSPS) is 12.4. The third-order valence-electron chi connectivity index (χ3n) is 1.69. The number of allylic oxidation sites excluding steroid dienone is 1. The van der Waals surface area contributed by atoms with E-state index >= 15 is 0 Å². The molecule has 1 aliphatic carbocycles. The SMILES string of the molecule is C1=Cc2ccccc2C1.[CH]. The second-order valence-corrected chi connectivity index (χ2v) is 2.31. The van der Waals surface area contributed by atoms with Gasteiger partial charge in [0.15, 0.2) is 0 Å². The maximum absolute atomic E-state index is 2.20. The van der Waals surface area contributed by atoms with E-state index in [1.54, 1.807) is 0 Å². The Kier molecular flexibility index (Phi) is 1.91. The summed E-state index contributed by atoms with van der Waals surface area (Å²) < 4.78 is 0. The zero-order valence-electron chi connectivity index (χ0n) is 5.75. The molecule has 1 aromatic rings. The fourth-order valence-electron chi connectivity index (χ4n) is 1.20. The summed E-state index contributed by atoms with van der Waals surface area (Å²) in [6.45, 7) is 0. The van der Waals surface area contributed by atoms with Gasteiger partial charge < -0.3 is 0 Å². The zero-order valence-corrected chi connectivity index (χ0v) is 5.75. The van der Waals surface area contributed by atoms with Crippen molar-refractivity contribution in [3.8, 4) is 0 Å². The molecule has 0 fully saturated rings. The van der Waals surface area contributed by atoms with Crippen LogP contribution in [-0.4, -0.2) is 0 Å². The number of hydrogen-bond acceptors (Lipinski definition) is 0. The summed E-state index contributed by atoms with van der Waals surface area (Å²) in [6.07, 6.45) is 5.50. The van der Waals surface area contributed by atoms with Crippen molar-refractivity contribution < 1.29 is 0 Å². The minimum Gasteiger partial charge on any atom is -0.0795 e. The van der Waals surface area contributed by atoms with Crippen molar-refractivity contribution in [3.63, 3.8) is 0 Å². The van der Waals surface area contributed by atoms with Crippen LogP contribution in [0.2, 0.25) is 0 Å². The summed E-state index contributed by atoms with van der Waals surface area (Å²) in [5.74, 6) is 0. The van der Waals surface area contributed by atoms with Crippen LogP contribution in [0.3, 0.4) is 0 Å². The van der Waals surface area contributed by atoms with Crippen LogP contribution in [0.1, 0.15) is 11.1 Å². The van der Waals surface area contributed by atoms with Crippen LogP contribution in [0.25, 0.3) is 6.08 Å². The second-order valence-electron chi connectivity index (χ2n) is 2.31. The van der Waals surface area contributed by atoms with Gasteiger partial charge in [-0.15, -0.1) is 0 Å². The van der Waals surface area contributed by atoms with E-state index in [1.807, 2.05) is 0 Å². The lowest BCUT2D eigenvalue weighted by atomic mass is 10.1. The molecule has 0 heterocycles. The third-order valence-corrected chi connectivity index (χ3v) is 1.69. The summed E-state index contributed by atoms with van der Waals surface area (Å²) in [5, 5.41) is 0. The molecule has 0 heteroatoms. The lowest BCUT2D eigenvalue weighted by Gasteiger charge is -1.93. The second kappa shape index (κ2) is 2.70. The molecule has 0 amide bonds. The van der Waals surface area contributed by atoms with Gasteiger partial charge in [-0.3, -0.25) is 0 Å². The summed E-state index contributed by atoms with van der Waals surface area (Å²) in [7, 11) is 0. The molecule has 0 aliphatic heterocycles. The maximum atomic E-state index is 2.20. The molecule has 1 aromatic carbocycles. The summed E-state index contributed by atoms with van der Waals surface area (Å²) in [5.41, 5.74) is 2.84. The first kappa shape index (κ1) is 7.07. The van der Waals surface area contributed by atoms with Crippen LogP contribution in [-0.2, 0) is 6.42 Å². The highest BCUT2D eigenvalue weighted by atomic mass is 14.0. The quantitative estimate of drug-likeness (QED) is 0.504. The Labute approximate surface area is 62.2 Å². The molecule has 0 aromatic heterocycles. The molecular formula is C10H9. The van der Waals surface area contributed by atoms with Gasteiger partial charge in [0.25, 0.3) is 0 Å². The Hall–Kier alpha value is -1.04. The fraction of sp³-hybridized carbons (Fsp3) is 0.100. The van der Waals surface area contributed by atoms with Crippen molar-refractivity contribution in [1.82, 2.24) is 0 Å². The molecular weight excluding hydrogens is 120 g/mol. The molecule has 2 rings (SSSR count). The van der Waals surface area contributed by atoms with E-state index in [-0.39, 0.29) is 7.43 Å². The Bertz CT molecular complexity index is 246. The van der Waals surface area contributed by atoms with E-state index < -0.39 is 0 Å². The van der Waals surface area contributed by atoms with Crippen LogP contribution in [0.4, 0.5) is 0 Å². The van der Waals surface area contributed by atoms with Gasteiger partial charge in [-0.25, -0.2) is 0 Å². The lowest BCUT2D eigenvalue weighted by Crippen LogP contribution is -1.76. The predicted molar refractivity (Wildman–Crippen MR) is 43.5 cm³/mol. The van der Waals surface area contributed by atoms with Gasteiger partial charge in [-0.2, -0.15) is 0 Å². The first-order chi connectivity index (χ1) is 4.47. The molecule has 0 bridgehead atoms.